The molecule has 2 aromatic carbocycles. The lowest BCUT2D eigenvalue weighted by Crippen LogP contribution is -2.32. The number of carboxylic acids is 1. The van der Waals surface area contributed by atoms with Gasteiger partial charge in [-0.2, -0.15) is 0 Å². The number of nitrogens with one attached hydrogen (secondary N) is 1. The van der Waals surface area contributed by atoms with Gasteiger partial charge >= 0.3 is 5.97 Å². The third kappa shape index (κ3) is 4.42. The van der Waals surface area contributed by atoms with Crippen molar-refractivity contribution < 1.29 is 18.3 Å². The van der Waals surface area contributed by atoms with Crippen molar-refractivity contribution >= 4 is 21.7 Å². The fourth-order valence-corrected chi connectivity index (χ4v) is 4.33. The minimum Gasteiger partial charge on any atom is -0.481 e. The number of anilines is 1. The van der Waals surface area contributed by atoms with Crippen LogP contribution in [-0.4, -0.2) is 37.5 Å². The summed E-state index contributed by atoms with van der Waals surface area (Å²) in [6.45, 7) is 2.22. The van der Waals surface area contributed by atoms with E-state index in [9.17, 15) is 13.2 Å². The first-order chi connectivity index (χ1) is 12.5. The van der Waals surface area contributed by atoms with Gasteiger partial charge < -0.3 is 5.11 Å². The largest absolute Gasteiger partial charge is 0.481 e. The highest BCUT2D eigenvalue weighted by Gasteiger charge is 2.21. The van der Waals surface area contributed by atoms with Crippen LogP contribution in [0.4, 0.5) is 5.69 Å². The Morgan fingerprint density at radius 2 is 1.88 bits per heavy atom. The lowest BCUT2D eigenvalue weighted by Gasteiger charge is -2.30. The van der Waals surface area contributed by atoms with Crippen LogP contribution in [-0.2, 0) is 27.8 Å². The molecule has 2 N–H and O–H groups in total. The minimum absolute atomic E-state index is 0.167. The van der Waals surface area contributed by atoms with Gasteiger partial charge in [0.15, 0.2) is 0 Å². The third-order valence-electron chi connectivity index (χ3n) is 4.51. The SMILES string of the molecule is O=C(O)CCCN1CCc2c(cccc2NS(=O)(=O)c2ccccc2)C1. The van der Waals surface area contributed by atoms with E-state index < -0.39 is 16.0 Å². The van der Waals surface area contributed by atoms with Crippen molar-refractivity contribution in [1.82, 2.24) is 4.90 Å². The topological polar surface area (TPSA) is 86.7 Å². The molecule has 1 aliphatic heterocycles. The van der Waals surface area contributed by atoms with E-state index in [-0.39, 0.29) is 11.3 Å². The molecule has 0 radical (unpaired) electrons. The lowest BCUT2D eigenvalue weighted by atomic mass is 9.98. The molecule has 0 unspecified atom stereocenters. The van der Waals surface area contributed by atoms with E-state index in [0.717, 1.165) is 30.6 Å². The first kappa shape index (κ1) is 18.4. The van der Waals surface area contributed by atoms with Gasteiger partial charge in [0.25, 0.3) is 10.0 Å². The molecule has 26 heavy (non-hydrogen) atoms. The van der Waals surface area contributed by atoms with Crippen LogP contribution >= 0.6 is 0 Å². The van der Waals surface area contributed by atoms with Crippen molar-refractivity contribution in [1.29, 1.82) is 0 Å². The van der Waals surface area contributed by atoms with Crippen molar-refractivity contribution in [2.45, 2.75) is 30.7 Å². The summed E-state index contributed by atoms with van der Waals surface area (Å²) >= 11 is 0. The van der Waals surface area contributed by atoms with Gasteiger partial charge in [0.2, 0.25) is 0 Å². The number of nitrogens with zero attached hydrogens (tertiary/aromatic N) is 1. The summed E-state index contributed by atoms with van der Waals surface area (Å²) in [7, 11) is -3.61. The zero-order chi connectivity index (χ0) is 18.6. The molecule has 0 aliphatic carbocycles. The quantitative estimate of drug-likeness (QED) is 0.778. The highest BCUT2D eigenvalue weighted by molar-refractivity contribution is 7.92. The number of hydrogen-bond acceptors (Lipinski definition) is 4. The molecule has 0 bridgehead atoms. The highest BCUT2D eigenvalue weighted by Crippen LogP contribution is 2.28. The summed E-state index contributed by atoms with van der Waals surface area (Å²) in [6, 6.07) is 14.0. The summed E-state index contributed by atoms with van der Waals surface area (Å²) in [5.41, 5.74) is 2.72. The molecule has 3 rings (SSSR count). The number of rotatable bonds is 7. The van der Waals surface area contributed by atoms with Gasteiger partial charge in [-0.3, -0.25) is 14.4 Å². The van der Waals surface area contributed by atoms with Crippen LogP contribution in [0.15, 0.2) is 53.4 Å². The zero-order valence-electron chi connectivity index (χ0n) is 14.4. The molecular weight excluding hydrogens is 352 g/mol. The molecule has 2 aromatic rings. The van der Waals surface area contributed by atoms with Crippen molar-refractivity contribution in [3.05, 3.63) is 59.7 Å². The van der Waals surface area contributed by atoms with Crippen LogP contribution in [0.1, 0.15) is 24.0 Å². The van der Waals surface area contributed by atoms with Gasteiger partial charge in [0.05, 0.1) is 10.6 Å². The van der Waals surface area contributed by atoms with E-state index in [1.165, 1.54) is 0 Å². The number of hydrogen-bond donors (Lipinski definition) is 2. The van der Waals surface area contributed by atoms with Gasteiger partial charge in [0, 0.05) is 19.5 Å². The normalized spacial score (nSPS) is 14.6. The second-order valence-corrected chi connectivity index (χ2v) is 8.07. The number of benzene rings is 2. The van der Waals surface area contributed by atoms with Crippen molar-refractivity contribution in [3.63, 3.8) is 0 Å². The van der Waals surface area contributed by atoms with E-state index in [0.29, 0.717) is 18.7 Å². The Hall–Kier alpha value is -2.38. The van der Waals surface area contributed by atoms with Crippen LogP contribution in [0.3, 0.4) is 0 Å². The molecule has 7 heteroatoms. The number of fused-ring (bicyclic) bond motifs is 1. The van der Waals surface area contributed by atoms with Gasteiger partial charge in [-0.25, -0.2) is 8.42 Å². The summed E-state index contributed by atoms with van der Waals surface area (Å²) in [6.07, 6.45) is 1.52. The van der Waals surface area contributed by atoms with Crippen LogP contribution < -0.4 is 4.72 Å². The van der Waals surface area contributed by atoms with Gasteiger partial charge in [-0.05, 0) is 48.7 Å². The van der Waals surface area contributed by atoms with E-state index in [2.05, 4.69) is 9.62 Å². The molecule has 6 nitrogen and oxygen atoms in total. The minimum atomic E-state index is -3.61. The maximum atomic E-state index is 12.6. The molecule has 138 valence electrons. The standard InChI is InChI=1S/C19H22N2O4S/c22-19(23)10-5-12-21-13-11-17-15(14-21)6-4-9-18(17)20-26(24,25)16-7-2-1-3-8-16/h1-4,6-9,20H,5,10-14H2,(H,22,23). The molecule has 0 saturated carbocycles. The molecule has 1 heterocycles. The van der Waals surface area contributed by atoms with E-state index in [4.69, 9.17) is 5.11 Å². The second kappa shape index (κ2) is 7.88. The monoisotopic (exact) mass is 374 g/mol. The Balaban J connectivity index is 1.73. The zero-order valence-corrected chi connectivity index (χ0v) is 15.2. The number of carboxylic acid groups (broad SMARTS) is 1. The van der Waals surface area contributed by atoms with Crippen LogP contribution in [0, 0.1) is 0 Å². The molecule has 1 aliphatic rings. The summed E-state index contributed by atoms with van der Waals surface area (Å²) in [5.74, 6) is -0.778. The summed E-state index contributed by atoms with van der Waals surface area (Å²) < 4.78 is 27.9. The average Bonchev–Trinajstić information content (AvgIpc) is 2.62. The highest BCUT2D eigenvalue weighted by atomic mass is 32.2. The smallest absolute Gasteiger partial charge is 0.303 e. The van der Waals surface area contributed by atoms with Crippen LogP contribution in [0.25, 0.3) is 0 Å². The molecular formula is C19H22N2O4S. The number of aliphatic carboxylic acids is 1. The molecule has 0 fully saturated rings. The van der Waals surface area contributed by atoms with Crippen molar-refractivity contribution in [3.8, 4) is 0 Å². The fourth-order valence-electron chi connectivity index (χ4n) is 3.21. The Morgan fingerprint density at radius 1 is 1.12 bits per heavy atom. The van der Waals surface area contributed by atoms with Crippen molar-refractivity contribution in [2.75, 3.05) is 17.8 Å². The Labute approximate surface area is 153 Å². The molecule has 0 spiro atoms. The fraction of sp³-hybridized carbons (Fsp3) is 0.316. The molecule has 0 atom stereocenters. The predicted molar refractivity (Wildman–Crippen MR) is 99.5 cm³/mol. The Kier molecular flexibility index (Phi) is 5.58. The number of sulfonamides is 1. The van der Waals surface area contributed by atoms with Gasteiger partial charge in [-0.1, -0.05) is 30.3 Å². The van der Waals surface area contributed by atoms with E-state index in [1.54, 1.807) is 36.4 Å². The average molecular weight is 374 g/mol. The predicted octanol–water partition coefficient (Wildman–Crippen LogP) is 2.71. The van der Waals surface area contributed by atoms with Crippen LogP contribution in [0.5, 0.6) is 0 Å². The molecule has 0 amide bonds. The van der Waals surface area contributed by atoms with Gasteiger partial charge in [0.1, 0.15) is 0 Å². The van der Waals surface area contributed by atoms with E-state index in [1.807, 2.05) is 12.1 Å². The van der Waals surface area contributed by atoms with E-state index >= 15 is 0 Å². The summed E-state index contributed by atoms with van der Waals surface area (Å²) in [5, 5.41) is 8.76. The van der Waals surface area contributed by atoms with Crippen molar-refractivity contribution in [2.24, 2.45) is 0 Å². The third-order valence-corrected chi connectivity index (χ3v) is 5.89. The molecule has 0 aromatic heterocycles. The lowest BCUT2D eigenvalue weighted by molar-refractivity contribution is -0.137. The maximum Gasteiger partial charge on any atom is 0.303 e. The Morgan fingerprint density at radius 3 is 2.62 bits per heavy atom. The van der Waals surface area contributed by atoms with Crippen LogP contribution in [0.2, 0.25) is 0 Å². The first-order valence-electron chi connectivity index (χ1n) is 8.58. The Bertz CT molecular complexity index is 882. The van der Waals surface area contributed by atoms with Gasteiger partial charge in [-0.15, -0.1) is 0 Å². The first-order valence-corrected chi connectivity index (χ1v) is 10.1. The maximum absolute atomic E-state index is 12.6. The second-order valence-electron chi connectivity index (χ2n) is 6.39. The summed E-state index contributed by atoms with van der Waals surface area (Å²) in [4.78, 5) is 13.1. The number of carbonyl (C=O) groups is 1. The molecule has 0 saturated heterocycles.